The number of rotatable bonds is 3. The molecule has 1 aromatic heterocycles. The van der Waals surface area contributed by atoms with Crippen molar-refractivity contribution < 1.29 is 8.42 Å². The summed E-state index contributed by atoms with van der Waals surface area (Å²) in [6.07, 6.45) is 0. The first-order chi connectivity index (χ1) is 7.53. The summed E-state index contributed by atoms with van der Waals surface area (Å²) < 4.78 is 27.1. The Hall–Kier alpha value is -0.690. The molecule has 0 aliphatic rings. The van der Waals surface area contributed by atoms with Crippen molar-refractivity contribution in [3.8, 4) is 0 Å². The van der Waals surface area contributed by atoms with Crippen LogP contribution in [0.1, 0.15) is 6.92 Å². The van der Waals surface area contributed by atoms with Crippen LogP contribution in [0.3, 0.4) is 0 Å². The number of hydrogen-bond donors (Lipinski definition) is 1. The average Bonchev–Trinajstić information content (AvgIpc) is 2.56. The van der Waals surface area contributed by atoms with Gasteiger partial charge in [0.25, 0.3) is 0 Å². The number of benzene rings is 1. The van der Waals surface area contributed by atoms with E-state index >= 15 is 0 Å². The minimum atomic E-state index is -3.41. The van der Waals surface area contributed by atoms with Crippen molar-refractivity contribution in [2.24, 2.45) is 0 Å². The van der Waals surface area contributed by atoms with Crippen molar-refractivity contribution in [2.45, 2.75) is 11.8 Å². The Balaban J connectivity index is 2.54. The van der Waals surface area contributed by atoms with Gasteiger partial charge in [0.05, 0.1) is 15.1 Å². The predicted octanol–water partition coefficient (Wildman–Crippen LogP) is 2.25. The highest BCUT2D eigenvalue weighted by molar-refractivity contribution is 7.89. The lowest BCUT2D eigenvalue weighted by Crippen LogP contribution is -2.22. The Labute approximate surface area is 102 Å². The molecule has 16 heavy (non-hydrogen) atoms. The number of thiazole rings is 1. The number of nitrogens with zero attached hydrogens (tertiary/aromatic N) is 1. The molecule has 7 heteroatoms. The van der Waals surface area contributed by atoms with Crippen molar-refractivity contribution in [3.63, 3.8) is 0 Å². The molecule has 0 aliphatic carbocycles. The highest BCUT2D eigenvalue weighted by Gasteiger charge is 2.14. The molecule has 2 aromatic rings. The lowest BCUT2D eigenvalue weighted by molar-refractivity contribution is 0.584. The molecular weight excluding hydrogens is 268 g/mol. The minimum absolute atomic E-state index is 0.238. The van der Waals surface area contributed by atoms with Crippen LogP contribution in [0.5, 0.6) is 0 Å². The molecule has 86 valence electrons. The smallest absolute Gasteiger partial charge is 0.225 e. The van der Waals surface area contributed by atoms with Crippen LogP contribution >= 0.6 is 22.9 Å². The second-order valence-electron chi connectivity index (χ2n) is 3.10. The fourth-order valence-corrected chi connectivity index (χ4v) is 3.53. The number of aromatic nitrogens is 1. The number of halogens is 1. The maximum absolute atomic E-state index is 11.7. The lowest BCUT2D eigenvalue weighted by atomic mass is 10.3. The quantitative estimate of drug-likeness (QED) is 0.935. The van der Waals surface area contributed by atoms with Gasteiger partial charge in [0, 0.05) is 6.54 Å². The molecule has 0 unspecified atom stereocenters. The van der Waals surface area contributed by atoms with Crippen LogP contribution in [0.25, 0.3) is 10.2 Å². The van der Waals surface area contributed by atoms with E-state index in [1.165, 1.54) is 17.4 Å². The van der Waals surface area contributed by atoms with Crippen LogP contribution in [-0.2, 0) is 10.0 Å². The van der Waals surface area contributed by atoms with Crippen LogP contribution in [0.2, 0.25) is 4.47 Å². The highest BCUT2D eigenvalue weighted by atomic mass is 35.5. The number of fused-ring (bicyclic) bond motifs is 1. The molecule has 0 fully saturated rings. The Morgan fingerprint density at radius 2 is 2.25 bits per heavy atom. The summed E-state index contributed by atoms with van der Waals surface area (Å²) in [5.41, 5.74) is 0.713. The highest BCUT2D eigenvalue weighted by Crippen LogP contribution is 2.27. The largest absolute Gasteiger partial charge is 0.240 e. The maximum Gasteiger partial charge on any atom is 0.240 e. The van der Waals surface area contributed by atoms with Gasteiger partial charge in [0.2, 0.25) is 10.0 Å². The van der Waals surface area contributed by atoms with Gasteiger partial charge < -0.3 is 0 Å². The van der Waals surface area contributed by atoms with Gasteiger partial charge in [0.15, 0.2) is 4.47 Å². The van der Waals surface area contributed by atoms with Gasteiger partial charge in [-0.05, 0) is 18.2 Å². The first-order valence-electron chi connectivity index (χ1n) is 4.58. The molecule has 0 saturated heterocycles. The van der Waals surface area contributed by atoms with E-state index in [4.69, 9.17) is 11.6 Å². The van der Waals surface area contributed by atoms with E-state index in [2.05, 4.69) is 9.71 Å². The summed E-state index contributed by atoms with van der Waals surface area (Å²) in [5, 5.41) is 0. The molecular formula is C9H9ClN2O2S2. The molecule has 1 heterocycles. The summed E-state index contributed by atoms with van der Waals surface area (Å²) in [6, 6.07) is 4.76. The molecule has 4 nitrogen and oxygen atoms in total. The van der Waals surface area contributed by atoms with Gasteiger partial charge in [-0.3, -0.25) is 0 Å². The number of hydrogen-bond acceptors (Lipinski definition) is 4. The minimum Gasteiger partial charge on any atom is -0.225 e. The van der Waals surface area contributed by atoms with E-state index in [-0.39, 0.29) is 4.90 Å². The third-order valence-corrected chi connectivity index (χ3v) is 4.64. The standard InChI is InChI=1S/C9H9ClN2O2S2/c1-2-11-16(13,14)6-3-4-7-8(5-6)15-9(10)12-7/h3-5,11H,2H2,1H3. The predicted molar refractivity (Wildman–Crippen MR) is 65.5 cm³/mol. The van der Waals surface area contributed by atoms with Crippen molar-refractivity contribution in [1.82, 2.24) is 9.71 Å². The van der Waals surface area contributed by atoms with Gasteiger partial charge in [-0.25, -0.2) is 18.1 Å². The van der Waals surface area contributed by atoms with Crippen LogP contribution in [0.4, 0.5) is 0 Å². The van der Waals surface area contributed by atoms with Gasteiger partial charge in [-0.2, -0.15) is 0 Å². The van der Waals surface area contributed by atoms with E-state index in [1.54, 1.807) is 19.1 Å². The van der Waals surface area contributed by atoms with E-state index in [1.807, 2.05) is 0 Å². The zero-order chi connectivity index (χ0) is 11.8. The molecule has 0 aliphatic heterocycles. The molecule has 0 saturated carbocycles. The summed E-state index contributed by atoms with van der Waals surface area (Å²) in [6.45, 7) is 2.10. The van der Waals surface area contributed by atoms with Crippen molar-refractivity contribution in [2.75, 3.05) is 6.54 Å². The van der Waals surface area contributed by atoms with Crippen LogP contribution < -0.4 is 4.72 Å². The van der Waals surface area contributed by atoms with Gasteiger partial charge in [-0.15, -0.1) is 11.3 Å². The van der Waals surface area contributed by atoms with Gasteiger partial charge in [-0.1, -0.05) is 18.5 Å². The maximum atomic E-state index is 11.7. The van der Waals surface area contributed by atoms with Crippen LogP contribution in [0, 0.1) is 0 Å². The van der Waals surface area contributed by atoms with Crippen molar-refractivity contribution >= 4 is 43.2 Å². The lowest BCUT2D eigenvalue weighted by Gasteiger charge is -2.03. The van der Waals surface area contributed by atoms with E-state index in [0.29, 0.717) is 16.5 Å². The second kappa shape index (κ2) is 4.29. The van der Waals surface area contributed by atoms with E-state index < -0.39 is 10.0 Å². The van der Waals surface area contributed by atoms with Crippen LogP contribution in [-0.4, -0.2) is 19.9 Å². The summed E-state index contributed by atoms with van der Waals surface area (Å²) in [4.78, 5) is 4.29. The molecule has 1 N–H and O–H groups in total. The first-order valence-corrected chi connectivity index (χ1v) is 7.26. The second-order valence-corrected chi connectivity index (χ2v) is 6.48. The molecule has 0 bridgehead atoms. The topological polar surface area (TPSA) is 59.1 Å². The van der Waals surface area contributed by atoms with Crippen molar-refractivity contribution in [3.05, 3.63) is 22.7 Å². The summed E-state index contributed by atoms with van der Waals surface area (Å²) in [5.74, 6) is 0. The normalized spacial score (nSPS) is 12.1. The zero-order valence-electron chi connectivity index (χ0n) is 8.40. The number of sulfonamides is 1. The monoisotopic (exact) mass is 276 g/mol. The Morgan fingerprint density at radius 3 is 2.94 bits per heavy atom. The fraction of sp³-hybridized carbons (Fsp3) is 0.222. The average molecular weight is 277 g/mol. The van der Waals surface area contributed by atoms with Crippen molar-refractivity contribution in [1.29, 1.82) is 0 Å². The Morgan fingerprint density at radius 1 is 1.50 bits per heavy atom. The molecule has 0 amide bonds. The van der Waals surface area contributed by atoms with Gasteiger partial charge in [0.1, 0.15) is 0 Å². The Bertz CT molecular complexity index is 621. The van der Waals surface area contributed by atoms with Crippen LogP contribution in [0.15, 0.2) is 23.1 Å². The summed E-state index contributed by atoms with van der Waals surface area (Å²) >= 11 is 7.02. The zero-order valence-corrected chi connectivity index (χ0v) is 10.8. The first kappa shape index (κ1) is 11.8. The summed E-state index contributed by atoms with van der Waals surface area (Å²) in [7, 11) is -3.41. The fourth-order valence-electron chi connectivity index (χ4n) is 1.32. The molecule has 0 spiro atoms. The molecule has 2 rings (SSSR count). The third-order valence-electron chi connectivity index (χ3n) is 1.98. The molecule has 0 atom stereocenters. The Kier molecular flexibility index (Phi) is 3.16. The van der Waals surface area contributed by atoms with Gasteiger partial charge >= 0.3 is 0 Å². The molecule has 0 radical (unpaired) electrons. The number of nitrogens with one attached hydrogen (secondary N) is 1. The van der Waals surface area contributed by atoms with E-state index in [0.717, 1.165) is 4.70 Å². The third kappa shape index (κ3) is 2.20. The SMILES string of the molecule is CCNS(=O)(=O)c1ccc2nc(Cl)sc2c1. The van der Waals surface area contributed by atoms with E-state index in [9.17, 15) is 8.42 Å². The molecule has 1 aromatic carbocycles.